The van der Waals surface area contributed by atoms with Crippen molar-refractivity contribution in [2.24, 2.45) is 5.10 Å². The number of benzene rings is 1. The molecule has 17 heavy (non-hydrogen) atoms. The molecule has 0 bridgehead atoms. The lowest BCUT2D eigenvalue weighted by Crippen LogP contribution is -2.20. The smallest absolute Gasteiger partial charge is 0.267 e. The predicted molar refractivity (Wildman–Crippen MR) is 58.5 cm³/mol. The van der Waals surface area contributed by atoms with Gasteiger partial charge >= 0.3 is 6.18 Å². The minimum absolute atomic E-state index is 0.0544. The Morgan fingerprint density at radius 1 is 1.29 bits per heavy atom. The number of alkyl halides is 3. The van der Waals surface area contributed by atoms with E-state index in [2.05, 4.69) is 5.10 Å². The molecule has 3 nitrogen and oxygen atoms in total. The fourth-order valence-corrected chi connectivity index (χ4v) is 1.16. The van der Waals surface area contributed by atoms with E-state index in [1.54, 1.807) is 5.43 Å². The van der Waals surface area contributed by atoms with Crippen LogP contribution in [0, 0.1) is 0 Å². The Hall–Kier alpha value is -1.27. The highest BCUT2D eigenvalue weighted by Crippen LogP contribution is 2.22. The van der Waals surface area contributed by atoms with E-state index in [1.807, 2.05) is 0 Å². The molecule has 8 heteroatoms. The van der Waals surface area contributed by atoms with Gasteiger partial charge in [-0.2, -0.15) is 18.3 Å². The summed E-state index contributed by atoms with van der Waals surface area (Å²) in [5, 5.41) is 3.11. The molecule has 0 heterocycles. The summed E-state index contributed by atoms with van der Waals surface area (Å²) in [6, 6.07) is 3.89. The summed E-state index contributed by atoms with van der Waals surface area (Å²) in [5.41, 5.74) is 1.77. The van der Waals surface area contributed by atoms with E-state index in [0.29, 0.717) is 0 Å². The fraction of sp³-hybridized carbons (Fsp3) is 0.111. The third kappa shape index (κ3) is 4.62. The summed E-state index contributed by atoms with van der Waals surface area (Å²) in [6.45, 7) is 0. The van der Waals surface area contributed by atoms with Crippen molar-refractivity contribution in [2.45, 2.75) is 6.18 Å². The molecule has 0 aliphatic heterocycles. The normalized spacial score (nSPS) is 11.8. The van der Waals surface area contributed by atoms with Crippen LogP contribution in [0.5, 0.6) is 0 Å². The van der Waals surface area contributed by atoms with Gasteiger partial charge in [-0.15, -0.1) is 0 Å². The third-order valence-corrected chi connectivity index (χ3v) is 2.30. The van der Waals surface area contributed by atoms with E-state index in [0.717, 1.165) is 0 Å². The number of hydrazone groups is 1. The molecule has 0 atom stereocenters. The van der Waals surface area contributed by atoms with Gasteiger partial charge < -0.3 is 0 Å². The average Bonchev–Trinajstić information content (AvgIpc) is 2.20. The maximum absolute atomic E-state index is 11.7. The summed E-state index contributed by atoms with van der Waals surface area (Å²) in [5.74, 6) is -0.816. The quantitative estimate of drug-likeness (QED) is 0.657. The number of nitrogens with one attached hydrogen (secondary N) is 1. The summed E-state index contributed by atoms with van der Waals surface area (Å²) < 4.78 is 35.1. The first-order chi connectivity index (χ1) is 7.79. The van der Waals surface area contributed by atoms with Gasteiger partial charge in [-0.3, -0.25) is 4.79 Å². The number of carbonyl (C=O) groups excluding carboxylic acids is 1. The molecule has 1 N–H and O–H groups in total. The molecule has 92 valence electrons. The zero-order chi connectivity index (χ0) is 13.1. The molecule has 0 aliphatic rings. The lowest BCUT2D eigenvalue weighted by atomic mass is 10.2. The summed E-state index contributed by atoms with van der Waals surface area (Å²) in [6.07, 6.45) is -4.91. The van der Waals surface area contributed by atoms with Crippen LogP contribution in [-0.2, 0) is 0 Å². The molecule has 1 aromatic rings. The molecule has 0 saturated carbocycles. The van der Waals surface area contributed by atoms with Crippen LogP contribution in [0.25, 0.3) is 0 Å². The minimum atomic E-state index is -4.58. The van der Waals surface area contributed by atoms with E-state index in [4.69, 9.17) is 23.2 Å². The Morgan fingerprint density at radius 2 is 1.94 bits per heavy atom. The summed E-state index contributed by atoms with van der Waals surface area (Å²) in [7, 11) is 0. The van der Waals surface area contributed by atoms with E-state index in [1.165, 1.54) is 18.2 Å². The van der Waals surface area contributed by atoms with Gasteiger partial charge in [0.1, 0.15) is 6.21 Å². The second-order valence-corrected chi connectivity index (χ2v) is 3.68. The summed E-state index contributed by atoms with van der Waals surface area (Å²) in [4.78, 5) is 11.3. The Balaban J connectivity index is 2.71. The fourth-order valence-electron chi connectivity index (χ4n) is 0.866. The molecule has 0 fully saturated rings. The highest BCUT2D eigenvalue weighted by molar-refractivity contribution is 6.42. The molecule has 1 rings (SSSR count). The number of amides is 1. The zero-order valence-corrected chi connectivity index (χ0v) is 9.57. The van der Waals surface area contributed by atoms with Crippen LogP contribution < -0.4 is 5.43 Å². The number of halogens is 5. The van der Waals surface area contributed by atoms with E-state index >= 15 is 0 Å². The van der Waals surface area contributed by atoms with Crippen molar-refractivity contribution >= 4 is 35.3 Å². The molecular weight excluding hydrogens is 280 g/mol. The first-order valence-corrected chi connectivity index (χ1v) is 4.91. The van der Waals surface area contributed by atoms with Crippen molar-refractivity contribution in [3.8, 4) is 0 Å². The van der Waals surface area contributed by atoms with Crippen molar-refractivity contribution in [3.05, 3.63) is 33.8 Å². The van der Waals surface area contributed by atoms with Gasteiger partial charge in [0, 0.05) is 5.56 Å². The van der Waals surface area contributed by atoms with Crippen LogP contribution in [-0.4, -0.2) is 18.3 Å². The van der Waals surface area contributed by atoms with Gasteiger partial charge in [0.15, 0.2) is 0 Å². The van der Waals surface area contributed by atoms with Crippen LogP contribution in [0.15, 0.2) is 23.3 Å². The molecule has 1 aromatic carbocycles. The van der Waals surface area contributed by atoms with Gasteiger partial charge in [0.05, 0.1) is 10.0 Å². The maximum Gasteiger partial charge on any atom is 0.428 e. The van der Waals surface area contributed by atoms with Crippen LogP contribution >= 0.6 is 23.2 Å². The van der Waals surface area contributed by atoms with Crippen molar-refractivity contribution in [1.29, 1.82) is 0 Å². The summed E-state index contributed by atoms with van der Waals surface area (Å²) >= 11 is 11.2. The Morgan fingerprint density at radius 3 is 2.47 bits per heavy atom. The number of hydrogen-bond donors (Lipinski definition) is 1. The Bertz CT molecular complexity index is 460. The number of rotatable bonds is 2. The van der Waals surface area contributed by atoms with Crippen molar-refractivity contribution in [3.63, 3.8) is 0 Å². The van der Waals surface area contributed by atoms with Crippen LogP contribution in [0.1, 0.15) is 10.4 Å². The second kappa shape index (κ2) is 5.37. The van der Waals surface area contributed by atoms with Crippen LogP contribution in [0.4, 0.5) is 13.2 Å². The molecule has 0 saturated heterocycles. The number of carbonyl (C=O) groups is 1. The Labute approximate surface area is 104 Å². The van der Waals surface area contributed by atoms with E-state index in [9.17, 15) is 18.0 Å². The van der Waals surface area contributed by atoms with Gasteiger partial charge in [-0.1, -0.05) is 23.2 Å². The van der Waals surface area contributed by atoms with E-state index < -0.39 is 12.1 Å². The van der Waals surface area contributed by atoms with Crippen LogP contribution in [0.2, 0.25) is 10.0 Å². The minimum Gasteiger partial charge on any atom is -0.267 e. The maximum atomic E-state index is 11.7. The topological polar surface area (TPSA) is 41.5 Å². The van der Waals surface area contributed by atoms with Gasteiger partial charge in [-0.05, 0) is 18.2 Å². The number of hydrogen-bond acceptors (Lipinski definition) is 2. The van der Waals surface area contributed by atoms with Crippen molar-refractivity contribution in [1.82, 2.24) is 5.43 Å². The van der Waals surface area contributed by atoms with Crippen molar-refractivity contribution < 1.29 is 18.0 Å². The highest BCUT2D eigenvalue weighted by Gasteiger charge is 2.23. The average molecular weight is 285 g/mol. The lowest BCUT2D eigenvalue weighted by Gasteiger charge is -2.02. The highest BCUT2D eigenvalue weighted by atomic mass is 35.5. The second-order valence-electron chi connectivity index (χ2n) is 2.87. The third-order valence-electron chi connectivity index (χ3n) is 1.56. The van der Waals surface area contributed by atoms with Crippen molar-refractivity contribution in [2.75, 3.05) is 0 Å². The first kappa shape index (κ1) is 13.8. The first-order valence-electron chi connectivity index (χ1n) is 4.16. The predicted octanol–water partition coefficient (Wildman–Crippen LogP) is 3.27. The van der Waals surface area contributed by atoms with E-state index in [-0.39, 0.29) is 21.8 Å². The SMILES string of the molecule is O=C(N/N=C\C(F)(F)F)c1ccc(Cl)c(Cl)c1. The number of nitrogens with zero attached hydrogens (tertiary/aromatic N) is 1. The molecule has 0 unspecified atom stereocenters. The molecule has 0 aliphatic carbocycles. The van der Waals surface area contributed by atoms with Gasteiger partial charge in [-0.25, -0.2) is 5.43 Å². The zero-order valence-electron chi connectivity index (χ0n) is 8.05. The standard InChI is InChI=1S/C9H5Cl2F3N2O/c10-6-2-1-5(3-7(6)11)8(17)16-15-4-9(12,13)14/h1-4H,(H,16,17)/b15-4-. The largest absolute Gasteiger partial charge is 0.428 e. The monoisotopic (exact) mass is 284 g/mol. The van der Waals surface area contributed by atoms with Gasteiger partial charge in [0.2, 0.25) is 0 Å². The molecule has 0 spiro atoms. The molecule has 1 amide bonds. The van der Waals surface area contributed by atoms with Gasteiger partial charge in [0.25, 0.3) is 5.91 Å². The molecular formula is C9H5Cl2F3N2O. The van der Waals surface area contributed by atoms with Crippen LogP contribution in [0.3, 0.4) is 0 Å². The molecule has 0 radical (unpaired) electrons. The molecule has 0 aromatic heterocycles. The Kier molecular flexibility index (Phi) is 4.36. The lowest BCUT2D eigenvalue weighted by molar-refractivity contribution is -0.0538.